The van der Waals surface area contributed by atoms with Crippen LogP contribution < -0.4 is 10.1 Å². The molecule has 0 bridgehead atoms. The molecule has 3 aromatic rings. The lowest BCUT2D eigenvalue weighted by molar-refractivity contribution is -0.274. The zero-order valence-electron chi connectivity index (χ0n) is 14.8. The molecule has 0 aliphatic heterocycles. The Labute approximate surface area is 157 Å². The fraction of sp³-hybridized carbons (Fsp3) is 0.316. The van der Waals surface area contributed by atoms with Crippen molar-refractivity contribution < 1.29 is 27.2 Å². The predicted octanol–water partition coefficient (Wildman–Crippen LogP) is 4.24. The number of aryl methyl sites for hydroxylation is 1. The van der Waals surface area contributed by atoms with Gasteiger partial charge in [-0.3, -0.25) is 4.79 Å². The molecule has 6 nitrogen and oxygen atoms in total. The molecule has 1 fully saturated rings. The number of rotatable bonds is 5. The highest BCUT2D eigenvalue weighted by molar-refractivity contribution is 6.06. The molecule has 28 heavy (non-hydrogen) atoms. The van der Waals surface area contributed by atoms with Gasteiger partial charge in [0.1, 0.15) is 5.75 Å². The van der Waals surface area contributed by atoms with Crippen LogP contribution in [0.1, 0.15) is 46.1 Å². The molecule has 1 aliphatic rings. The van der Waals surface area contributed by atoms with Crippen molar-refractivity contribution in [2.45, 2.75) is 38.6 Å². The summed E-state index contributed by atoms with van der Waals surface area (Å²) in [7, 11) is 0. The summed E-state index contributed by atoms with van der Waals surface area (Å²) in [6, 6.07) is 7.38. The number of nitrogens with zero attached hydrogens (tertiary/aromatic N) is 2. The van der Waals surface area contributed by atoms with Crippen LogP contribution in [-0.2, 0) is 6.54 Å². The molecule has 146 valence electrons. The lowest BCUT2D eigenvalue weighted by Gasteiger charge is -2.14. The molecule has 1 saturated carbocycles. The Morgan fingerprint density at radius 3 is 2.79 bits per heavy atom. The minimum absolute atomic E-state index is 0.127. The van der Waals surface area contributed by atoms with Crippen LogP contribution >= 0.6 is 0 Å². The van der Waals surface area contributed by atoms with Crippen molar-refractivity contribution in [2.75, 3.05) is 0 Å². The van der Waals surface area contributed by atoms with Gasteiger partial charge in [-0.2, -0.15) is 0 Å². The molecule has 1 N–H and O–H groups in total. The van der Waals surface area contributed by atoms with E-state index in [9.17, 15) is 18.0 Å². The maximum atomic E-state index is 12.8. The Balaban J connectivity index is 1.59. The second kappa shape index (κ2) is 6.81. The number of pyridine rings is 1. The van der Waals surface area contributed by atoms with Crippen LogP contribution in [-0.4, -0.2) is 22.4 Å². The maximum absolute atomic E-state index is 12.8. The second-order valence-electron chi connectivity index (χ2n) is 6.66. The molecule has 0 radical (unpaired) electrons. The fourth-order valence-electron chi connectivity index (χ4n) is 3.03. The molecule has 1 aromatic carbocycles. The molecule has 2 aromatic heterocycles. The van der Waals surface area contributed by atoms with Gasteiger partial charge in [-0.15, -0.1) is 13.2 Å². The molecule has 2 heterocycles. The number of alkyl halides is 3. The van der Waals surface area contributed by atoms with E-state index in [0.717, 1.165) is 18.5 Å². The Hall–Kier alpha value is -3.10. The van der Waals surface area contributed by atoms with E-state index in [-0.39, 0.29) is 23.6 Å². The van der Waals surface area contributed by atoms with Crippen molar-refractivity contribution in [1.29, 1.82) is 0 Å². The van der Waals surface area contributed by atoms with Gasteiger partial charge >= 0.3 is 6.36 Å². The van der Waals surface area contributed by atoms with E-state index < -0.39 is 12.3 Å². The highest BCUT2D eigenvalue weighted by Gasteiger charge is 2.32. The summed E-state index contributed by atoms with van der Waals surface area (Å²) in [6.45, 7) is 1.57. The minimum atomic E-state index is -4.81. The van der Waals surface area contributed by atoms with E-state index in [1.165, 1.54) is 18.2 Å². The largest absolute Gasteiger partial charge is 0.573 e. The summed E-state index contributed by atoms with van der Waals surface area (Å²) in [5.41, 5.74) is 2.13. The summed E-state index contributed by atoms with van der Waals surface area (Å²) in [4.78, 5) is 17.2. The van der Waals surface area contributed by atoms with E-state index in [4.69, 9.17) is 4.52 Å². The van der Waals surface area contributed by atoms with Crippen molar-refractivity contribution in [1.82, 2.24) is 15.5 Å². The van der Waals surface area contributed by atoms with E-state index in [0.29, 0.717) is 22.6 Å². The maximum Gasteiger partial charge on any atom is 0.573 e. The van der Waals surface area contributed by atoms with Crippen molar-refractivity contribution >= 4 is 17.0 Å². The van der Waals surface area contributed by atoms with Gasteiger partial charge in [-0.05, 0) is 31.9 Å². The first-order valence-electron chi connectivity index (χ1n) is 8.70. The highest BCUT2D eigenvalue weighted by atomic mass is 19.4. The first kappa shape index (κ1) is 18.3. The molecule has 1 aliphatic carbocycles. The third-order valence-electron chi connectivity index (χ3n) is 4.51. The van der Waals surface area contributed by atoms with Crippen molar-refractivity contribution in [3.05, 3.63) is 52.8 Å². The molecule has 0 atom stereocenters. The van der Waals surface area contributed by atoms with Crippen LogP contribution in [0.4, 0.5) is 13.2 Å². The zero-order valence-corrected chi connectivity index (χ0v) is 14.8. The highest BCUT2D eigenvalue weighted by Crippen LogP contribution is 2.40. The Bertz CT molecular complexity index is 1040. The van der Waals surface area contributed by atoms with E-state index >= 15 is 0 Å². The van der Waals surface area contributed by atoms with Crippen LogP contribution in [0.15, 0.2) is 34.9 Å². The van der Waals surface area contributed by atoms with Gasteiger partial charge < -0.3 is 14.6 Å². The van der Waals surface area contributed by atoms with E-state index in [2.05, 4.69) is 20.2 Å². The normalized spacial score (nSPS) is 14.3. The van der Waals surface area contributed by atoms with E-state index in [1.807, 2.05) is 0 Å². The molecule has 0 unspecified atom stereocenters. The fourth-order valence-corrected chi connectivity index (χ4v) is 3.03. The smallest absolute Gasteiger partial charge is 0.405 e. The number of hydrogen-bond donors (Lipinski definition) is 1. The van der Waals surface area contributed by atoms with Crippen molar-refractivity contribution in [3.8, 4) is 5.75 Å². The average Bonchev–Trinajstić information content (AvgIpc) is 3.42. The van der Waals surface area contributed by atoms with Crippen LogP contribution in [0.2, 0.25) is 0 Å². The number of aromatic nitrogens is 2. The van der Waals surface area contributed by atoms with Crippen molar-refractivity contribution in [2.24, 2.45) is 0 Å². The number of nitrogens with one attached hydrogen (secondary N) is 1. The molecule has 9 heteroatoms. The monoisotopic (exact) mass is 391 g/mol. The van der Waals surface area contributed by atoms with Gasteiger partial charge in [-0.1, -0.05) is 23.4 Å². The number of carbonyl (C=O) groups is 1. The van der Waals surface area contributed by atoms with Gasteiger partial charge in [-0.25, -0.2) is 4.98 Å². The summed E-state index contributed by atoms with van der Waals surface area (Å²) in [5, 5.41) is 7.03. The third kappa shape index (κ3) is 3.78. The first-order valence-corrected chi connectivity index (χ1v) is 8.70. The number of ether oxygens (including phenoxy) is 1. The van der Waals surface area contributed by atoms with Gasteiger partial charge in [0.05, 0.1) is 16.6 Å². The SMILES string of the molecule is Cc1noc2nc(C3CC3)cc(C(=O)NCc3ccccc3OC(F)(F)F)c12. The minimum Gasteiger partial charge on any atom is -0.405 e. The van der Waals surface area contributed by atoms with Crippen LogP contribution in [0.5, 0.6) is 5.75 Å². The van der Waals surface area contributed by atoms with Gasteiger partial charge in [0.15, 0.2) is 0 Å². The summed E-state index contributed by atoms with van der Waals surface area (Å²) in [5.74, 6) is -0.500. The number of carbonyl (C=O) groups excluding carboxylic acids is 1. The summed E-state index contributed by atoms with van der Waals surface area (Å²) in [6.07, 6.45) is -2.82. The average molecular weight is 391 g/mol. The quantitative estimate of drug-likeness (QED) is 0.704. The van der Waals surface area contributed by atoms with Gasteiger partial charge in [0, 0.05) is 23.7 Å². The second-order valence-corrected chi connectivity index (χ2v) is 6.66. The number of fused-ring (bicyclic) bond motifs is 1. The number of amides is 1. The lowest BCUT2D eigenvalue weighted by atomic mass is 10.1. The topological polar surface area (TPSA) is 77.2 Å². The summed E-state index contributed by atoms with van der Waals surface area (Å²) >= 11 is 0. The van der Waals surface area contributed by atoms with Gasteiger partial charge in [0.25, 0.3) is 11.6 Å². The number of hydrogen-bond acceptors (Lipinski definition) is 5. The molecular formula is C19H16F3N3O3. The molecule has 1 amide bonds. The molecular weight excluding hydrogens is 375 g/mol. The van der Waals surface area contributed by atoms with Crippen LogP contribution in [0, 0.1) is 6.92 Å². The zero-order chi connectivity index (χ0) is 19.9. The third-order valence-corrected chi connectivity index (χ3v) is 4.51. The van der Waals surface area contributed by atoms with E-state index in [1.54, 1.807) is 19.1 Å². The Morgan fingerprint density at radius 2 is 2.07 bits per heavy atom. The van der Waals surface area contributed by atoms with Crippen LogP contribution in [0.25, 0.3) is 11.1 Å². The molecule has 4 rings (SSSR count). The lowest BCUT2D eigenvalue weighted by Crippen LogP contribution is -2.25. The number of benzene rings is 1. The first-order chi connectivity index (χ1) is 13.3. The molecule has 0 spiro atoms. The number of para-hydroxylation sites is 1. The standard InChI is InChI=1S/C19H16F3N3O3/c1-10-16-13(8-14(11-6-7-11)24-18(16)28-25-10)17(26)23-9-12-4-2-3-5-15(12)27-19(20,21)22/h2-5,8,11H,6-7,9H2,1H3,(H,23,26). The Kier molecular flexibility index (Phi) is 4.44. The predicted molar refractivity (Wildman–Crippen MR) is 92.8 cm³/mol. The Morgan fingerprint density at radius 1 is 1.32 bits per heavy atom. The van der Waals surface area contributed by atoms with Gasteiger partial charge in [0.2, 0.25) is 0 Å². The molecule has 0 saturated heterocycles. The van der Waals surface area contributed by atoms with Crippen LogP contribution in [0.3, 0.4) is 0 Å². The number of halogens is 3. The van der Waals surface area contributed by atoms with Crippen molar-refractivity contribution in [3.63, 3.8) is 0 Å². The summed E-state index contributed by atoms with van der Waals surface area (Å²) < 4.78 is 46.9.